The summed E-state index contributed by atoms with van der Waals surface area (Å²) >= 11 is 0. The second-order valence-corrected chi connectivity index (χ2v) is 5.15. The number of allylic oxidation sites excluding steroid dienone is 2. The van der Waals surface area contributed by atoms with Crippen molar-refractivity contribution < 1.29 is 0 Å². The molecule has 0 saturated carbocycles. The Morgan fingerprint density at radius 3 is 2.75 bits per heavy atom. The molecule has 62 valence electrons. The summed E-state index contributed by atoms with van der Waals surface area (Å²) in [5.74, 6) is 0. The zero-order chi connectivity index (χ0) is 8.55. The lowest BCUT2D eigenvalue weighted by atomic mass is 10.1. The highest BCUT2D eigenvalue weighted by atomic mass is 28.2. The summed E-state index contributed by atoms with van der Waals surface area (Å²) in [6, 6.07) is 8.81. The van der Waals surface area contributed by atoms with Gasteiger partial charge in [-0.3, -0.25) is 0 Å². The third-order valence-corrected chi connectivity index (χ3v) is 4.23. The molecule has 1 atom stereocenters. The van der Waals surface area contributed by atoms with Gasteiger partial charge in [-0.1, -0.05) is 36.9 Å². The SMILES string of the molecule is C[SiH2]C1C=C(C)c2ccccc21. The van der Waals surface area contributed by atoms with Crippen molar-refractivity contribution in [2.24, 2.45) is 0 Å². The van der Waals surface area contributed by atoms with E-state index in [4.69, 9.17) is 0 Å². The first kappa shape index (κ1) is 7.81. The fourth-order valence-corrected chi connectivity index (χ4v) is 3.38. The van der Waals surface area contributed by atoms with Gasteiger partial charge in [-0.05, 0) is 29.2 Å². The van der Waals surface area contributed by atoms with Crippen LogP contribution >= 0.6 is 0 Å². The molecule has 0 amide bonds. The first-order chi connectivity index (χ1) is 5.83. The van der Waals surface area contributed by atoms with E-state index in [9.17, 15) is 0 Å². The molecule has 1 unspecified atom stereocenters. The van der Waals surface area contributed by atoms with Gasteiger partial charge in [-0.25, -0.2) is 0 Å². The number of benzene rings is 1. The van der Waals surface area contributed by atoms with E-state index in [1.54, 1.807) is 5.56 Å². The van der Waals surface area contributed by atoms with Crippen LogP contribution in [0.1, 0.15) is 23.6 Å². The minimum absolute atomic E-state index is 0.0736. The van der Waals surface area contributed by atoms with Gasteiger partial charge in [0, 0.05) is 9.52 Å². The summed E-state index contributed by atoms with van der Waals surface area (Å²) in [6.07, 6.45) is 2.44. The molecule has 0 heterocycles. The zero-order valence-electron chi connectivity index (χ0n) is 7.67. The molecule has 0 N–H and O–H groups in total. The maximum absolute atomic E-state index is 2.44. The third-order valence-electron chi connectivity index (χ3n) is 2.68. The smallest absolute Gasteiger partial charge is 0.0304 e. The lowest BCUT2D eigenvalue weighted by Gasteiger charge is -2.05. The van der Waals surface area contributed by atoms with E-state index >= 15 is 0 Å². The molecule has 0 aliphatic heterocycles. The molecule has 1 aromatic rings. The van der Waals surface area contributed by atoms with Gasteiger partial charge in [0.1, 0.15) is 0 Å². The van der Waals surface area contributed by atoms with E-state index in [2.05, 4.69) is 43.8 Å². The van der Waals surface area contributed by atoms with Crippen LogP contribution in [0, 0.1) is 0 Å². The predicted octanol–water partition coefficient (Wildman–Crippen LogP) is 2.36. The summed E-state index contributed by atoms with van der Waals surface area (Å²) in [4.78, 5) is 0. The minimum atomic E-state index is 0.0736. The van der Waals surface area contributed by atoms with E-state index in [0.29, 0.717) is 0 Å². The molecule has 1 aliphatic carbocycles. The van der Waals surface area contributed by atoms with Gasteiger partial charge in [-0.2, -0.15) is 0 Å². The van der Waals surface area contributed by atoms with Crippen LogP contribution in [0.15, 0.2) is 30.3 Å². The topological polar surface area (TPSA) is 0 Å². The van der Waals surface area contributed by atoms with Crippen LogP contribution in [0.3, 0.4) is 0 Å². The first-order valence-corrected chi connectivity index (χ1v) is 6.83. The van der Waals surface area contributed by atoms with Crippen molar-refractivity contribution in [3.63, 3.8) is 0 Å². The maximum atomic E-state index is 2.44. The highest BCUT2D eigenvalue weighted by Gasteiger charge is 2.18. The van der Waals surface area contributed by atoms with Crippen LogP contribution in [-0.4, -0.2) is 9.52 Å². The predicted molar refractivity (Wildman–Crippen MR) is 57.2 cm³/mol. The quantitative estimate of drug-likeness (QED) is 0.573. The molecule has 0 radical (unpaired) electrons. The Bertz CT molecular complexity index is 326. The van der Waals surface area contributed by atoms with Crippen LogP contribution in [0.4, 0.5) is 0 Å². The largest absolute Gasteiger partial charge is 0.0769 e. The van der Waals surface area contributed by atoms with Gasteiger partial charge in [0.15, 0.2) is 0 Å². The standard InChI is InChI=1S/C11H14Si/c1-8-7-11(12-2)10-6-4-3-5-9(8)10/h3-7,11H,12H2,1-2H3. The van der Waals surface area contributed by atoms with E-state index < -0.39 is 0 Å². The van der Waals surface area contributed by atoms with Crippen molar-refractivity contribution >= 4 is 15.1 Å². The lowest BCUT2D eigenvalue weighted by Crippen LogP contribution is -1.98. The van der Waals surface area contributed by atoms with Gasteiger partial charge in [-0.15, -0.1) is 0 Å². The summed E-state index contributed by atoms with van der Waals surface area (Å²) in [5, 5.41) is 0. The van der Waals surface area contributed by atoms with E-state index in [0.717, 1.165) is 5.54 Å². The van der Waals surface area contributed by atoms with Crippen molar-refractivity contribution in [3.8, 4) is 0 Å². The molecule has 1 aliphatic rings. The number of rotatable bonds is 1. The molecule has 0 aromatic heterocycles. The van der Waals surface area contributed by atoms with Crippen molar-refractivity contribution in [1.82, 2.24) is 0 Å². The summed E-state index contributed by atoms with van der Waals surface area (Å²) in [7, 11) is 0.0736. The van der Waals surface area contributed by atoms with Gasteiger partial charge >= 0.3 is 0 Å². The van der Waals surface area contributed by atoms with Crippen LogP contribution in [0.25, 0.3) is 5.57 Å². The molecular formula is C11H14Si. The van der Waals surface area contributed by atoms with Crippen molar-refractivity contribution in [2.75, 3.05) is 0 Å². The average molecular weight is 174 g/mol. The maximum Gasteiger partial charge on any atom is 0.0304 e. The number of hydrogen-bond donors (Lipinski definition) is 0. The normalized spacial score (nSPS) is 21.5. The molecule has 0 bridgehead atoms. The molecule has 12 heavy (non-hydrogen) atoms. The zero-order valence-corrected chi connectivity index (χ0v) is 9.09. The Balaban J connectivity index is 2.52. The summed E-state index contributed by atoms with van der Waals surface area (Å²) < 4.78 is 0. The molecule has 0 saturated heterocycles. The second-order valence-electron chi connectivity index (χ2n) is 3.45. The van der Waals surface area contributed by atoms with Crippen molar-refractivity contribution in [2.45, 2.75) is 19.0 Å². The fourth-order valence-electron chi connectivity index (χ4n) is 2.00. The van der Waals surface area contributed by atoms with Crippen LogP contribution < -0.4 is 0 Å². The molecule has 1 aromatic carbocycles. The Morgan fingerprint density at radius 2 is 2.00 bits per heavy atom. The van der Waals surface area contributed by atoms with Crippen LogP contribution in [0.5, 0.6) is 0 Å². The third kappa shape index (κ3) is 1.05. The Morgan fingerprint density at radius 1 is 1.25 bits per heavy atom. The minimum Gasteiger partial charge on any atom is -0.0769 e. The summed E-state index contributed by atoms with van der Waals surface area (Å²) in [5.41, 5.74) is 5.34. The molecule has 0 spiro atoms. The lowest BCUT2D eigenvalue weighted by molar-refractivity contribution is 1.23. The molecular weight excluding hydrogens is 160 g/mol. The number of hydrogen-bond acceptors (Lipinski definition) is 0. The van der Waals surface area contributed by atoms with Crippen LogP contribution in [-0.2, 0) is 0 Å². The van der Waals surface area contributed by atoms with Crippen LogP contribution in [0.2, 0.25) is 6.55 Å². The Labute approximate surface area is 76.1 Å². The molecule has 0 nitrogen and oxygen atoms in total. The highest BCUT2D eigenvalue weighted by molar-refractivity contribution is 6.37. The highest BCUT2D eigenvalue weighted by Crippen LogP contribution is 2.34. The van der Waals surface area contributed by atoms with Gasteiger partial charge in [0.05, 0.1) is 0 Å². The van der Waals surface area contributed by atoms with E-state index in [1.807, 2.05) is 0 Å². The Hall–Kier alpha value is -0.823. The molecule has 2 rings (SSSR count). The van der Waals surface area contributed by atoms with Crippen molar-refractivity contribution in [1.29, 1.82) is 0 Å². The fraction of sp³-hybridized carbons (Fsp3) is 0.273. The molecule has 1 heteroatoms. The van der Waals surface area contributed by atoms with Gasteiger partial charge in [0.2, 0.25) is 0 Å². The molecule has 0 fully saturated rings. The van der Waals surface area contributed by atoms with Crippen molar-refractivity contribution in [3.05, 3.63) is 41.5 Å². The van der Waals surface area contributed by atoms with E-state index in [1.165, 1.54) is 11.1 Å². The average Bonchev–Trinajstić information content (AvgIpc) is 2.44. The van der Waals surface area contributed by atoms with Gasteiger partial charge < -0.3 is 0 Å². The van der Waals surface area contributed by atoms with E-state index in [-0.39, 0.29) is 9.52 Å². The monoisotopic (exact) mass is 174 g/mol. The summed E-state index contributed by atoms with van der Waals surface area (Å²) in [6.45, 7) is 4.61. The Kier molecular flexibility index (Phi) is 1.89. The first-order valence-electron chi connectivity index (χ1n) is 4.60. The second kappa shape index (κ2) is 2.90. The number of fused-ring (bicyclic) bond motifs is 1. The van der Waals surface area contributed by atoms with Gasteiger partial charge in [0.25, 0.3) is 0 Å².